The summed E-state index contributed by atoms with van der Waals surface area (Å²) in [6.45, 7) is 2.01. The fraction of sp³-hybridized carbons (Fsp3) is 0.562. The molecule has 0 bridgehead atoms. The minimum absolute atomic E-state index is 0.0738. The molecule has 2 heterocycles. The zero-order valence-electron chi connectivity index (χ0n) is 12.1. The van der Waals surface area contributed by atoms with Crippen molar-refractivity contribution >= 4 is 11.8 Å². The van der Waals surface area contributed by atoms with E-state index in [0.29, 0.717) is 24.7 Å². The molecule has 0 radical (unpaired) electrons. The molecule has 5 heteroatoms. The van der Waals surface area contributed by atoms with Gasteiger partial charge in [-0.05, 0) is 43.7 Å². The Balaban J connectivity index is 1.57. The summed E-state index contributed by atoms with van der Waals surface area (Å²) >= 11 is 0. The quantitative estimate of drug-likeness (QED) is 0.912. The van der Waals surface area contributed by atoms with Crippen LogP contribution >= 0.6 is 0 Å². The van der Waals surface area contributed by atoms with Crippen LogP contribution in [0.1, 0.15) is 36.2 Å². The van der Waals surface area contributed by atoms with Gasteiger partial charge in [0, 0.05) is 25.8 Å². The monoisotopic (exact) mass is 287 g/mol. The second-order valence-electron chi connectivity index (χ2n) is 5.99. The Morgan fingerprint density at radius 1 is 1.29 bits per heavy atom. The first-order chi connectivity index (χ1) is 10.2. The molecule has 1 aromatic heterocycles. The maximum absolute atomic E-state index is 12.4. The van der Waals surface area contributed by atoms with Crippen molar-refractivity contribution in [3.63, 3.8) is 0 Å². The van der Waals surface area contributed by atoms with Gasteiger partial charge < -0.3 is 10.2 Å². The summed E-state index contributed by atoms with van der Waals surface area (Å²) in [6, 6.07) is 5.32. The van der Waals surface area contributed by atoms with Crippen LogP contribution in [-0.2, 0) is 4.79 Å². The first kappa shape index (κ1) is 14.0. The highest BCUT2D eigenvalue weighted by Gasteiger charge is 2.30. The number of amides is 2. The number of aromatic nitrogens is 1. The van der Waals surface area contributed by atoms with E-state index in [1.54, 1.807) is 23.2 Å². The maximum Gasteiger partial charge on any atom is 0.272 e. The fourth-order valence-electron chi connectivity index (χ4n) is 2.74. The zero-order valence-corrected chi connectivity index (χ0v) is 12.1. The average Bonchev–Trinajstić information content (AvgIpc) is 3.37. The Labute approximate surface area is 124 Å². The van der Waals surface area contributed by atoms with Crippen LogP contribution in [0.5, 0.6) is 0 Å². The second kappa shape index (κ2) is 6.24. The molecule has 1 atom stereocenters. The summed E-state index contributed by atoms with van der Waals surface area (Å²) in [7, 11) is 0. The normalized spacial score (nSPS) is 21.9. The highest BCUT2D eigenvalue weighted by atomic mass is 16.2. The molecule has 112 valence electrons. The number of hydrogen-bond donors (Lipinski definition) is 1. The van der Waals surface area contributed by atoms with Crippen molar-refractivity contribution in [1.29, 1.82) is 0 Å². The van der Waals surface area contributed by atoms with Crippen molar-refractivity contribution in [2.75, 3.05) is 19.6 Å². The first-order valence-corrected chi connectivity index (χ1v) is 7.72. The molecule has 0 unspecified atom stereocenters. The number of nitrogens with zero attached hydrogens (tertiary/aromatic N) is 2. The molecule has 1 saturated heterocycles. The Morgan fingerprint density at radius 3 is 2.86 bits per heavy atom. The smallest absolute Gasteiger partial charge is 0.272 e. The lowest BCUT2D eigenvalue weighted by Gasteiger charge is -2.31. The van der Waals surface area contributed by atoms with E-state index in [0.717, 1.165) is 19.4 Å². The van der Waals surface area contributed by atoms with Crippen LogP contribution in [0.25, 0.3) is 0 Å². The topological polar surface area (TPSA) is 62.3 Å². The number of likely N-dealkylation sites (tertiary alicyclic amines) is 1. The average molecular weight is 287 g/mol. The predicted molar refractivity (Wildman–Crippen MR) is 78.6 cm³/mol. The van der Waals surface area contributed by atoms with Gasteiger partial charge in [-0.1, -0.05) is 6.07 Å². The molecule has 2 amide bonds. The Morgan fingerprint density at radius 2 is 2.14 bits per heavy atom. The molecule has 1 N–H and O–H groups in total. The van der Waals surface area contributed by atoms with E-state index in [2.05, 4.69) is 10.3 Å². The molecule has 0 aromatic carbocycles. The van der Waals surface area contributed by atoms with Gasteiger partial charge in [0.25, 0.3) is 5.91 Å². The lowest BCUT2D eigenvalue weighted by Crippen LogP contribution is -2.45. The highest BCUT2D eigenvalue weighted by Crippen LogP contribution is 2.28. The van der Waals surface area contributed by atoms with Gasteiger partial charge in [-0.15, -0.1) is 0 Å². The summed E-state index contributed by atoms with van der Waals surface area (Å²) < 4.78 is 0. The largest absolute Gasteiger partial charge is 0.356 e. The number of nitrogens with one attached hydrogen (secondary N) is 1. The zero-order chi connectivity index (χ0) is 14.7. The number of piperidine rings is 1. The van der Waals surface area contributed by atoms with Crippen molar-refractivity contribution in [1.82, 2.24) is 15.2 Å². The van der Waals surface area contributed by atoms with Crippen molar-refractivity contribution in [2.45, 2.75) is 25.7 Å². The Bertz CT molecular complexity index is 514. The van der Waals surface area contributed by atoms with Crippen LogP contribution in [0.15, 0.2) is 24.4 Å². The Kier molecular flexibility index (Phi) is 4.18. The summed E-state index contributed by atoms with van der Waals surface area (Å²) in [5, 5.41) is 3.02. The minimum Gasteiger partial charge on any atom is -0.356 e. The van der Waals surface area contributed by atoms with Crippen LogP contribution in [0.2, 0.25) is 0 Å². The Hall–Kier alpha value is -1.91. The molecular weight excluding hydrogens is 266 g/mol. The van der Waals surface area contributed by atoms with Crippen LogP contribution in [0.3, 0.4) is 0 Å². The third kappa shape index (κ3) is 3.60. The predicted octanol–water partition coefficient (Wildman–Crippen LogP) is 1.46. The maximum atomic E-state index is 12.4. The van der Waals surface area contributed by atoms with E-state index in [-0.39, 0.29) is 17.7 Å². The van der Waals surface area contributed by atoms with Gasteiger partial charge in [0.2, 0.25) is 5.91 Å². The van der Waals surface area contributed by atoms with Crippen LogP contribution in [0, 0.1) is 11.8 Å². The molecule has 21 heavy (non-hydrogen) atoms. The van der Waals surface area contributed by atoms with Crippen molar-refractivity contribution in [3.8, 4) is 0 Å². The van der Waals surface area contributed by atoms with Gasteiger partial charge in [-0.2, -0.15) is 0 Å². The number of carbonyl (C=O) groups excluding carboxylic acids is 2. The summed E-state index contributed by atoms with van der Waals surface area (Å²) in [4.78, 5) is 30.4. The SMILES string of the molecule is O=C(NCC1CC1)[C@H]1CCCN(C(=O)c2ccccn2)C1. The van der Waals surface area contributed by atoms with Gasteiger partial charge in [0.05, 0.1) is 5.92 Å². The van der Waals surface area contributed by atoms with Crippen LogP contribution < -0.4 is 5.32 Å². The summed E-state index contributed by atoms with van der Waals surface area (Å²) in [6.07, 6.45) is 5.82. The van der Waals surface area contributed by atoms with E-state index in [9.17, 15) is 9.59 Å². The minimum atomic E-state index is -0.0786. The molecular formula is C16H21N3O2. The van der Waals surface area contributed by atoms with Gasteiger partial charge in [0.1, 0.15) is 5.69 Å². The van der Waals surface area contributed by atoms with Crippen molar-refractivity contribution < 1.29 is 9.59 Å². The van der Waals surface area contributed by atoms with Gasteiger partial charge in [-0.3, -0.25) is 14.6 Å². The first-order valence-electron chi connectivity index (χ1n) is 7.72. The van der Waals surface area contributed by atoms with Gasteiger partial charge in [0.15, 0.2) is 0 Å². The molecule has 2 fully saturated rings. The molecule has 1 aromatic rings. The van der Waals surface area contributed by atoms with Gasteiger partial charge in [-0.25, -0.2) is 0 Å². The van der Waals surface area contributed by atoms with Crippen LogP contribution in [-0.4, -0.2) is 41.3 Å². The molecule has 0 spiro atoms. The molecule has 5 nitrogen and oxygen atoms in total. The molecule has 3 rings (SSSR count). The third-order valence-corrected chi connectivity index (χ3v) is 4.23. The second-order valence-corrected chi connectivity index (χ2v) is 5.99. The van der Waals surface area contributed by atoms with E-state index < -0.39 is 0 Å². The van der Waals surface area contributed by atoms with E-state index >= 15 is 0 Å². The molecule has 2 aliphatic rings. The number of carbonyl (C=O) groups is 2. The lowest BCUT2D eigenvalue weighted by atomic mass is 9.96. The van der Waals surface area contributed by atoms with Gasteiger partial charge >= 0.3 is 0 Å². The third-order valence-electron chi connectivity index (χ3n) is 4.23. The van der Waals surface area contributed by atoms with E-state index in [1.807, 2.05) is 6.07 Å². The van der Waals surface area contributed by atoms with E-state index in [4.69, 9.17) is 0 Å². The fourth-order valence-corrected chi connectivity index (χ4v) is 2.74. The lowest BCUT2D eigenvalue weighted by molar-refractivity contribution is -0.126. The summed E-state index contributed by atoms with van der Waals surface area (Å²) in [5.41, 5.74) is 0.455. The van der Waals surface area contributed by atoms with Crippen molar-refractivity contribution in [2.24, 2.45) is 11.8 Å². The highest BCUT2D eigenvalue weighted by molar-refractivity contribution is 5.92. The van der Waals surface area contributed by atoms with E-state index in [1.165, 1.54) is 12.8 Å². The number of pyridine rings is 1. The van der Waals surface area contributed by atoms with Crippen LogP contribution in [0.4, 0.5) is 0 Å². The molecule has 1 aliphatic carbocycles. The number of rotatable bonds is 4. The number of hydrogen-bond acceptors (Lipinski definition) is 3. The standard InChI is InChI=1S/C16H21N3O2/c20-15(18-10-12-6-7-12)13-4-3-9-19(11-13)16(21)14-5-1-2-8-17-14/h1-2,5,8,12-13H,3-4,6-7,9-11H2,(H,18,20)/t13-/m0/s1. The van der Waals surface area contributed by atoms with Crippen molar-refractivity contribution in [3.05, 3.63) is 30.1 Å². The molecule has 1 aliphatic heterocycles. The summed E-state index contributed by atoms with van der Waals surface area (Å²) in [5.74, 6) is 0.629. The molecule has 1 saturated carbocycles.